The summed E-state index contributed by atoms with van der Waals surface area (Å²) in [6.07, 6.45) is 0.812. The third kappa shape index (κ3) is 5.05. The van der Waals surface area contributed by atoms with E-state index in [4.69, 9.17) is 9.57 Å². The zero-order chi connectivity index (χ0) is 20.0. The lowest BCUT2D eigenvalue weighted by Crippen LogP contribution is -2.61. The lowest BCUT2D eigenvalue weighted by atomic mass is 9.86. The van der Waals surface area contributed by atoms with Gasteiger partial charge in [0, 0.05) is 32.1 Å². The lowest BCUT2D eigenvalue weighted by molar-refractivity contribution is -0.240. The van der Waals surface area contributed by atoms with E-state index in [1.807, 2.05) is 0 Å². The summed E-state index contributed by atoms with van der Waals surface area (Å²) in [5.74, 6) is -0.818. The molecule has 1 aliphatic heterocycles. The van der Waals surface area contributed by atoms with E-state index >= 15 is 0 Å². The number of hydrogen-bond donors (Lipinski definition) is 0. The van der Waals surface area contributed by atoms with Gasteiger partial charge in [0.1, 0.15) is 12.4 Å². The molecule has 7 heteroatoms. The van der Waals surface area contributed by atoms with Crippen LogP contribution in [0.25, 0.3) is 0 Å². The van der Waals surface area contributed by atoms with E-state index in [0.717, 1.165) is 11.6 Å². The first-order valence-corrected chi connectivity index (χ1v) is 9.28. The second-order valence-electron chi connectivity index (χ2n) is 7.40. The fraction of sp³-hybridized carbons (Fsp3) is 0.600. The number of likely N-dealkylation sites (tertiary alicyclic amines) is 1. The van der Waals surface area contributed by atoms with Crippen LogP contribution in [0.1, 0.15) is 39.2 Å². The molecule has 150 valence electrons. The molecule has 0 bridgehead atoms. The Bertz CT molecular complexity index is 657. The van der Waals surface area contributed by atoms with Crippen LogP contribution >= 0.6 is 0 Å². The SMILES string of the molecule is COC(=O)C1(N(OCc2ccccc2F)C(C)=O)CCN(CC(C)C)CC1. The lowest BCUT2D eigenvalue weighted by Gasteiger charge is -2.45. The van der Waals surface area contributed by atoms with Crippen molar-refractivity contribution < 1.29 is 23.6 Å². The number of hydroxylamine groups is 2. The van der Waals surface area contributed by atoms with Crippen LogP contribution < -0.4 is 0 Å². The molecule has 0 spiro atoms. The average Bonchev–Trinajstić information content (AvgIpc) is 2.63. The van der Waals surface area contributed by atoms with Crippen LogP contribution in [0.5, 0.6) is 0 Å². The van der Waals surface area contributed by atoms with Gasteiger partial charge in [0.2, 0.25) is 5.91 Å². The van der Waals surface area contributed by atoms with E-state index in [1.54, 1.807) is 18.2 Å². The monoisotopic (exact) mass is 380 g/mol. The highest BCUT2D eigenvalue weighted by atomic mass is 19.1. The van der Waals surface area contributed by atoms with Crippen molar-refractivity contribution in [3.63, 3.8) is 0 Å². The van der Waals surface area contributed by atoms with Gasteiger partial charge in [0.25, 0.3) is 0 Å². The Morgan fingerprint density at radius 1 is 1.26 bits per heavy atom. The maximum atomic E-state index is 13.9. The van der Waals surface area contributed by atoms with Crippen molar-refractivity contribution in [2.45, 2.75) is 45.8 Å². The first-order chi connectivity index (χ1) is 12.8. The molecule has 1 fully saturated rings. The van der Waals surface area contributed by atoms with Crippen molar-refractivity contribution in [2.75, 3.05) is 26.7 Å². The summed E-state index contributed by atoms with van der Waals surface area (Å²) >= 11 is 0. The van der Waals surface area contributed by atoms with E-state index in [-0.39, 0.29) is 6.61 Å². The van der Waals surface area contributed by atoms with E-state index in [1.165, 1.54) is 20.1 Å². The minimum Gasteiger partial charge on any atom is -0.467 e. The van der Waals surface area contributed by atoms with Gasteiger partial charge in [-0.2, -0.15) is 0 Å². The second kappa shape index (κ2) is 9.28. The van der Waals surface area contributed by atoms with Crippen LogP contribution in [0.3, 0.4) is 0 Å². The number of esters is 1. The summed E-state index contributed by atoms with van der Waals surface area (Å²) < 4.78 is 18.9. The van der Waals surface area contributed by atoms with Crippen molar-refractivity contribution in [1.82, 2.24) is 9.96 Å². The summed E-state index contributed by atoms with van der Waals surface area (Å²) in [6.45, 7) is 7.71. The highest BCUT2D eigenvalue weighted by Gasteiger charge is 2.50. The number of nitrogens with zero attached hydrogens (tertiary/aromatic N) is 2. The molecule has 27 heavy (non-hydrogen) atoms. The third-order valence-corrected chi connectivity index (χ3v) is 4.85. The number of amides is 1. The maximum absolute atomic E-state index is 13.9. The number of benzene rings is 1. The number of rotatable bonds is 7. The van der Waals surface area contributed by atoms with Crippen molar-refractivity contribution in [2.24, 2.45) is 5.92 Å². The van der Waals surface area contributed by atoms with Gasteiger partial charge in [-0.1, -0.05) is 32.0 Å². The smallest absolute Gasteiger partial charge is 0.334 e. The molecule has 0 aromatic heterocycles. The van der Waals surface area contributed by atoms with Crippen LogP contribution in [0.2, 0.25) is 0 Å². The molecule has 0 radical (unpaired) electrons. The molecule has 0 aliphatic carbocycles. The van der Waals surface area contributed by atoms with E-state index < -0.39 is 23.2 Å². The van der Waals surface area contributed by atoms with Crippen molar-refractivity contribution in [3.8, 4) is 0 Å². The standard InChI is InChI=1S/C20H29FN2O4/c1-15(2)13-22-11-9-20(10-12-22,19(25)26-4)23(16(3)24)27-14-17-7-5-6-8-18(17)21/h5-8,15H,9-14H2,1-4H3. The normalized spacial score (nSPS) is 17.0. The number of ether oxygens (including phenoxy) is 1. The van der Waals surface area contributed by atoms with Crippen molar-refractivity contribution in [1.29, 1.82) is 0 Å². The maximum Gasteiger partial charge on any atom is 0.334 e. The Morgan fingerprint density at radius 2 is 1.89 bits per heavy atom. The summed E-state index contributed by atoms with van der Waals surface area (Å²) in [5, 5.41) is 1.10. The fourth-order valence-electron chi connectivity index (χ4n) is 3.57. The molecule has 1 aliphatic rings. The molecule has 0 N–H and O–H groups in total. The van der Waals surface area contributed by atoms with E-state index in [2.05, 4.69) is 18.7 Å². The van der Waals surface area contributed by atoms with Gasteiger partial charge in [-0.05, 0) is 24.8 Å². The zero-order valence-corrected chi connectivity index (χ0v) is 16.5. The molecule has 1 heterocycles. The Hall–Kier alpha value is -1.99. The van der Waals surface area contributed by atoms with Crippen LogP contribution in [-0.2, 0) is 25.8 Å². The molecule has 1 saturated heterocycles. The van der Waals surface area contributed by atoms with Gasteiger partial charge in [-0.3, -0.25) is 9.63 Å². The highest BCUT2D eigenvalue weighted by Crippen LogP contribution is 2.32. The zero-order valence-electron chi connectivity index (χ0n) is 16.5. The predicted octanol–water partition coefficient (Wildman–Crippen LogP) is 2.77. The van der Waals surface area contributed by atoms with Crippen LogP contribution in [-0.4, -0.2) is 54.1 Å². The Kier molecular flexibility index (Phi) is 7.33. The molecule has 6 nitrogen and oxygen atoms in total. The number of piperidine rings is 1. The first-order valence-electron chi connectivity index (χ1n) is 9.28. The predicted molar refractivity (Wildman–Crippen MR) is 99.0 cm³/mol. The van der Waals surface area contributed by atoms with E-state index in [0.29, 0.717) is 37.4 Å². The molecule has 0 atom stereocenters. The summed E-state index contributed by atoms with van der Waals surface area (Å²) in [6, 6.07) is 6.20. The quantitative estimate of drug-likeness (QED) is 0.538. The molecular formula is C20H29FN2O4. The van der Waals surface area contributed by atoms with Gasteiger partial charge in [0.05, 0.1) is 7.11 Å². The average molecular weight is 380 g/mol. The largest absolute Gasteiger partial charge is 0.467 e. The van der Waals surface area contributed by atoms with Crippen LogP contribution in [0, 0.1) is 11.7 Å². The van der Waals surface area contributed by atoms with Gasteiger partial charge < -0.3 is 9.64 Å². The van der Waals surface area contributed by atoms with Gasteiger partial charge in [-0.15, -0.1) is 0 Å². The van der Waals surface area contributed by atoms with Crippen LogP contribution in [0.4, 0.5) is 4.39 Å². The number of hydrogen-bond acceptors (Lipinski definition) is 5. The highest BCUT2D eigenvalue weighted by molar-refractivity contribution is 5.86. The van der Waals surface area contributed by atoms with Crippen LogP contribution in [0.15, 0.2) is 24.3 Å². The number of carbonyl (C=O) groups excluding carboxylic acids is 2. The van der Waals surface area contributed by atoms with Gasteiger partial charge in [-0.25, -0.2) is 14.2 Å². The summed E-state index contributed by atoms with van der Waals surface area (Å²) in [4.78, 5) is 32.9. The summed E-state index contributed by atoms with van der Waals surface area (Å²) in [7, 11) is 1.31. The van der Waals surface area contributed by atoms with Gasteiger partial charge >= 0.3 is 5.97 Å². The molecule has 0 unspecified atom stereocenters. The Morgan fingerprint density at radius 3 is 2.41 bits per heavy atom. The summed E-state index contributed by atoms with van der Waals surface area (Å²) in [5.41, 5.74) is -0.875. The molecular weight excluding hydrogens is 351 g/mol. The minimum atomic E-state index is -1.20. The Balaban J connectivity index is 2.20. The van der Waals surface area contributed by atoms with Crippen molar-refractivity contribution >= 4 is 11.9 Å². The minimum absolute atomic E-state index is 0.138. The van der Waals surface area contributed by atoms with Gasteiger partial charge in [0.15, 0.2) is 5.54 Å². The molecule has 1 aromatic carbocycles. The number of carbonyl (C=O) groups is 2. The molecule has 1 amide bonds. The molecule has 0 saturated carbocycles. The fourth-order valence-corrected chi connectivity index (χ4v) is 3.57. The molecule has 1 aromatic rings. The van der Waals surface area contributed by atoms with Crippen molar-refractivity contribution in [3.05, 3.63) is 35.6 Å². The topological polar surface area (TPSA) is 59.1 Å². The third-order valence-electron chi connectivity index (χ3n) is 4.85. The molecule has 2 rings (SSSR count). The Labute approximate surface area is 160 Å². The second-order valence-corrected chi connectivity index (χ2v) is 7.40. The number of methoxy groups -OCH3 is 1. The van der Waals surface area contributed by atoms with E-state index in [9.17, 15) is 14.0 Å². The number of halogens is 1. The first kappa shape index (κ1) is 21.3.